The van der Waals surface area contributed by atoms with E-state index in [0.29, 0.717) is 0 Å². The summed E-state index contributed by atoms with van der Waals surface area (Å²) in [6.45, 7) is 1.42. The van der Waals surface area contributed by atoms with E-state index in [1.54, 1.807) is 0 Å². The highest BCUT2D eigenvalue weighted by Gasteiger charge is 2.23. The number of aliphatic hydroxyl groups is 1. The minimum Gasteiger partial charge on any atom is -0.460 e. The molecule has 58 valence electrons. The van der Waals surface area contributed by atoms with Crippen molar-refractivity contribution in [3.8, 4) is 0 Å². The van der Waals surface area contributed by atoms with Crippen molar-refractivity contribution < 1.29 is 14.6 Å². The van der Waals surface area contributed by atoms with Crippen molar-refractivity contribution in [2.24, 2.45) is 0 Å². The Morgan fingerprint density at radius 1 is 1.70 bits per heavy atom. The molecule has 1 saturated carbocycles. The molecule has 0 aromatic heterocycles. The Labute approximate surface area is 60.0 Å². The third-order valence-electron chi connectivity index (χ3n) is 1.68. The van der Waals surface area contributed by atoms with Crippen LogP contribution in [-0.2, 0) is 9.53 Å². The summed E-state index contributed by atoms with van der Waals surface area (Å²) in [6, 6.07) is 0. The topological polar surface area (TPSA) is 46.5 Å². The van der Waals surface area contributed by atoms with Crippen LogP contribution in [-0.4, -0.2) is 23.3 Å². The van der Waals surface area contributed by atoms with Gasteiger partial charge in [-0.3, -0.25) is 0 Å². The molecule has 0 heterocycles. The van der Waals surface area contributed by atoms with Gasteiger partial charge in [0.1, 0.15) is 12.2 Å². The van der Waals surface area contributed by atoms with Crippen molar-refractivity contribution >= 4 is 5.97 Å². The zero-order chi connectivity index (χ0) is 7.56. The molecule has 3 nitrogen and oxygen atoms in total. The van der Waals surface area contributed by atoms with Crippen molar-refractivity contribution in [1.29, 1.82) is 0 Å². The van der Waals surface area contributed by atoms with Crippen molar-refractivity contribution in [3.63, 3.8) is 0 Å². The highest BCUT2D eigenvalue weighted by molar-refractivity contribution is 5.74. The number of carbonyl (C=O) groups is 1. The summed E-state index contributed by atoms with van der Waals surface area (Å²) in [7, 11) is 0. The van der Waals surface area contributed by atoms with E-state index in [9.17, 15) is 4.79 Å². The maximum Gasteiger partial charge on any atom is 0.334 e. The number of hydrogen-bond acceptors (Lipinski definition) is 3. The molecule has 10 heavy (non-hydrogen) atoms. The second-order valence-electron chi connectivity index (χ2n) is 2.67. The molecule has 0 radical (unpaired) electrons. The molecule has 0 aliphatic heterocycles. The molecule has 3 heteroatoms. The van der Waals surface area contributed by atoms with Gasteiger partial charge in [-0.1, -0.05) is 0 Å². The molecule has 1 N–H and O–H groups in total. The summed E-state index contributed by atoms with van der Waals surface area (Å²) in [6.07, 6.45) is 2.16. The number of carbonyl (C=O) groups excluding carboxylic acids is 1. The normalized spacial score (nSPS) is 21.4. The molecule has 1 aliphatic carbocycles. The van der Waals surface area contributed by atoms with E-state index in [2.05, 4.69) is 0 Å². The van der Waals surface area contributed by atoms with Crippen LogP contribution in [0.25, 0.3) is 0 Å². The van der Waals surface area contributed by atoms with Crippen LogP contribution in [0.1, 0.15) is 26.2 Å². The Morgan fingerprint density at radius 3 is 2.60 bits per heavy atom. The van der Waals surface area contributed by atoms with Crippen LogP contribution in [0.3, 0.4) is 0 Å². The average Bonchev–Trinajstić information content (AvgIpc) is 1.77. The lowest BCUT2D eigenvalue weighted by atomic mass is 9.96. The van der Waals surface area contributed by atoms with Crippen LogP contribution in [0.5, 0.6) is 0 Å². The molecule has 0 aromatic rings. The lowest BCUT2D eigenvalue weighted by Gasteiger charge is -2.25. The highest BCUT2D eigenvalue weighted by atomic mass is 16.6. The second kappa shape index (κ2) is 3.01. The Hall–Kier alpha value is -0.570. The Kier molecular flexibility index (Phi) is 2.27. The molecule has 0 bridgehead atoms. The molecular formula is C7H12O3. The smallest absolute Gasteiger partial charge is 0.334 e. The Bertz CT molecular complexity index is 127. The molecule has 0 amide bonds. The first kappa shape index (κ1) is 7.54. The Morgan fingerprint density at radius 2 is 2.30 bits per heavy atom. The lowest BCUT2D eigenvalue weighted by molar-refractivity contribution is -0.161. The Balaban J connectivity index is 2.17. The van der Waals surface area contributed by atoms with Crippen molar-refractivity contribution in [1.82, 2.24) is 0 Å². The predicted molar refractivity (Wildman–Crippen MR) is 35.4 cm³/mol. The number of esters is 1. The first-order valence-electron chi connectivity index (χ1n) is 3.58. The van der Waals surface area contributed by atoms with E-state index in [4.69, 9.17) is 9.84 Å². The molecule has 1 fully saturated rings. The molecule has 0 saturated heterocycles. The predicted octanol–water partition coefficient (Wildman–Crippen LogP) is 0.463. The SMILES string of the molecule is C[C@@H](O)C(=O)OC1CCC1. The molecule has 1 rings (SSSR count). The zero-order valence-electron chi connectivity index (χ0n) is 6.04. The molecule has 1 aliphatic rings. The maximum absolute atomic E-state index is 10.7. The van der Waals surface area contributed by atoms with E-state index in [-0.39, 0.29) is 6.10 Å². The van der Waals surface area contributed by atoms with E-state index in [0.717, 1.165) is 19.3 Å². The quantitative estimate of drug-likeness (QED) is 0.573. The summed E-state index contributed by atoms with van der Waals surface area (Å²) in [5.74, 6) is -0.496. The third kappa shape index (κ3) is 1.70. The maximum atomic E-state index is 10.7. The van der Waals surface area contributed by atoms with E-state index < -0.39 is 12.1 Å². The van der Waals surface area contributed by atoms with E-state index in [1.165, 1.54) is 6.92 Å². The van der Waals surface area contributed by atoms with Crippen molar-refractivity contribution in [2.45, 2.75) is 38.4 Å². The van der Waals surface area contributed by atoms with Gasteiger partial charge in [-0.15, -0.1) is 0 Å². The van der Waals surface area contributed by atoms with E-state index >= 15 is 0 Å². The van der Waals surface area contributed by atoms with Crippen LogP contribution in [0.15, 0.2) is 0 Å². The van der Waals surface area contributed by atoms with Gasteiger partial charge in [0.05, 0.1) is 0 Å². The molecule has 1 atom stereocenters. The van der Waals surface area contributed by atoms with Gasteiger partial charge in [-0.2, -0.15) is 0 Å². The van der Waals surface area contributed by atoms with Crippen LogP contribution in [0.2, 0.25) is 0 Å². The fraction of sp³-hybridized carbons (Fsp3) is 0.857. The number of rotatable bonds is 2. The fourth-order valence-corrected chi connectivity index (χ4v) is 0.751. The molecule has 0 spiro atoms. The fourth-order valence-electron chi connectivity index (χ4n) is 0.751. The number of aliphatic hydroxyl groups excluding tert-OH is 1. The zero-order valence-corrected chi connectivity index (χ0v) is 6.04. The number of ether oxygens (including phenoxy) is 1. The third-order valence-corrected chi connectivity index (χ3v) is 1.68. The van der Waals surface area contributed by atoms with Crippen LogP contribution >= 0.6 is 0 Å². The van der Waals surface area contributed by atoms with Gasteiger partial charge < -0.3 is 9.84 Å². The lowest BCUT2D eigenvalue weighted by Crippen LogP contribution is -2.30. The van der Waals surface area contributed by atoms with Gasteiger partial charge in [-0.05, 0) is 26.2 Å². The summed E-state index contributed by atoms with van der Waals surface area (Å²) in [4.78, 5) is 10.7. The molecule has 0 unspecified atom stereocenters. The second-order valence-corrected chi connectivity index (χ2v) is 2.67. The van der Waals surface area contributed by atoms with Crippen molar-refractivity contribution in [3.05, 3.63) is 0 Å². The van der Waals surface area contributed by atoms with Gasteiger partial charge >= 0.3 is 5.97 Å². The largest absolute Gasteiger partial charge is 0.460 e. The summed E-state index contributed by atoms with van der Waals surface area (Å²) < 4.78 is 4.86. The van der Waals surface area contributed by atoms with Gasteiger partial charge in [0.15, 0.2) is 0 Å². The average molecular weight is 144 g/mol. The monoisotopic (exact) mass is 144 g/mol. The number of hydrogen-bond donors (Lipinski definition) is 1. The molecule has 0 aromatic carbocycles. The standard InChI is InChI=1S/C7H12O3/c1-5(8)7(9)10-6-3-2-4-6/h5-6,8H,2-4H2,1H3/t5-/m1/s1. The van der Waals surface area contributed by atoms with Crippen LogP contribution < -0.4 is 0 Å². The van der Waals surface area contributed by atoms with Crippen LogP contribution in [0, 0.1) is 0 Å². The van der Waals surface area contributed by atoms with Crippen LogP contribution in [0.4, 0.5) is 0 Å². The summed E-state index contributed by atoms with van der Waals surface area (Å²) in [5, 5.41) is 8.71. The minimum absolute atomic E-state index is 0.0853. The highest BCUT2D eigenvalue weighted by Crippen LogP contribution is 2.22. The first-order chi connectivity index (χ1) is 4.70. The van der Waals surface area contributed by atoms with E-state index in [1.807, 2.05) is 0 Å². The van der Waals surface area contributed by atoms with Gasteiger partial charge in [-0.25, -0.2) is 4.79 Å². The van der Waals surface area contributed by atoms with Gasteiger partial charge in [0.25, 0.3) is 0 Å². The van der Waals surface area contributed by atoms with Gasteiger partial charge in [0.2, 0.25) is 0 Å². The summed E-state index contributed by atoms with van der Waals surface area (Å²) in [5.41, 5.74) is 0. The van der Waals surface area contributed by atoms with Gasteiger partial charge in [0, 0.05) is 0 Å². The van der Waals surface area contributed by atoms with Crippen molar-refractivity contribution in [2.75, 3.05) is 0 Å². The molecular weight excluding hydrogens is 132 g/mol. The minimum atomic E-state index is -0.972. The summed E-state index contributed by atoms with van der Waals surface area (Å²) >= 11 is 0. The first-order valence-corrected chi connectivity index (χ1v) is 3.58.